The van der Waals surface area contributed by atoms with Crippen molar-refractivity contribution in [2.24, 2.45) is 0 Å². The molecule has 0 unspecified atom stereocenters. The predicted molar refractivity (Wildman–Crippen MR) is 124 cm³/mol. The maximum Gasteiger partial charge on any atom is 0.348 e. The summed E-state index contributed by atoms with van der Waals surface area (Å²) < 4.78 is 20.4. The summed E-state index contributed by atoms with van der Waals surface area (Å²) in [6, 6.07) is 4.75. The second-order valence-electron chi connectivity index (χ2n) is 6.84. The van der Waals surface area contributed by atoms with Gasteiger partial charge in [0.15, 0.2) is 17.3 Å². The highest BCUT2D eigenvalue weighted by Gasteiger charge is 2.28. The lowest BCUT2D eigenvalue weighted by Gasteiger charge is -2.09. The van der Waals surface area contributed by atoms with Crippen LogP contribution in [0.1, 0.15) is 49.9 Å². The van der Waals surface area contributed by atoms with E-state index in [0.717, 1.165) is 11.3 Å². The number of phenols is 1. The molecule has 2 rings (SSSR count). The van der Waals surface area contributed by atoms with E-state index in [0.29, 0.717) is 16.0 Å². The van der Waals surface area contributed by atoms with Crippen LogP contribution in [0.4, 0.5) is 0 Å². The van der Waals surface area contributed by atoms with Gasteiger partial charge < -0.3 is 24.1 Å². The van der Waals surface area contributed by atoms with Crippen LogP contribution in [0, 0.1) is 18.3 Å². The van der Waals surface area contributed by atoms with Gasteiger partial charge in [-0.15, -0.1) is 11.3 Å². The third-order valence-electron chi connectivity index (χ3n) is 4.72. The van der Waals surface area contributed by atoms with Gasteiger partial charge in [-0.05, 0) is 50.1 Å². The van der Waals surface area contributed by atoms with E-state index in [1.165, 1.54) is 32.4 Å². The quantitative estimate of drug-likeness (QED) is 0.301. The molecule has 1 aromatic carbocycles. The van der Waals surface area contributed by atoms with E-state index in [1.807, 2.05) is 6.07 Å². The van der Waals surface area contributed by atoms with Crippen molar-refractivity contribution in [2.75, 3.05) is 27.4 Å². The van der Waals surface area contributed by atoms with Crippen LogP contribution < -0.4 is 9.47 Å². The van der Waals surface area contributed by atoms with Crippen LogP contribution in [0.2, 0.25) is 0 Å². The lowest BCUT2D eigenvalue weighted by Crippen LogP contribution is -2.12. The lowest BCUT2D eigenvalue weighted by atomic mass is 10.0. The number of benzene rings is 1. The van der Waals surface area contributed by atoms with E-state index >= 15 is 0 Å². The molecule has 180 valence electrons. The molecule has 0 saturated carbocycles. The minimum Gasteiger partial charge on any atom is -0.502 e. The third kappa shape index (κ3) is 5.74. The van der Waals surface area contributed by atoms with Gasteiger partial charge in [-0.3, -0.25) is 4.79 Å². The molecule has 0 spiro atoms. The van der Waals surface area contributed by atoms with Crippen molar-refractivity contribution in [1.29, 1.82) is 5.26 Å². The molecule has 0 aliphatic rings. The molecule has 1 aromatic heterocycles. The number of carbonyl (C=O) groups is 3. The van der Waals surface area contributed by atoms with Crippen LogP contribution in [-0.4, -0.2) is 50.3 Å². The molecular formula is C24H25NO8S. The lowest BCUT2D eigenvalue weighted by molar-refractivity contribution is -0.114. The summed E-state index contributed by atoms with van der Waals surface area (Å²) in [5.41, 5.74) is 0.665. The molecule has 0 aliphatic carbocycles. The fourth-order valence-corrected chi connectivity index (χ4v) is 4.32. The Bertz CT molecular complexity index is 1150. The number of hydrogen-bond acceptors (Lipinski definition) is 10. The van der Waals surface area contributed by atoms with Gasteiger partial charge in [0.1, 0.15) is 10.9 Å². The Labute approximate surface area is 201 Å². The van der Waals surface area contributed by atoms with Gasteiger partial charge in [-0.1, -0.05) is 0 Å². The number of Topliss-reactive ketones (excluding diaryl/α,β-unsaturated/α-hetero) is 1. The van der Waals surface area contributed by atoms with Gasteiger partial charge >= 0.3 is 11.9 Å². The predicted octanol–water partition coefficient (Wildman–Crippen LogP) is 3.85. The number of carbonyl (C=O) groups excluding carboxylic acids is 3. The highest BCUT2D eigenvalue weighted by Crippen LogP contribution is 2.38. The monoisotopic (exact) mass is 487 g/mol. The third-order valence-corrected chi connectivity index (χ3v) is 5.99. The van der Waals surface area contributed by atoms with E-state index in [-0.39, 0.29) is 52.9 Å². The second kappa shape index (κ2) is 11.9. The Morgan fingerprint density at radius 3 is 2.12 bits per heavy atom. The van der Waals surface area contributed by atoms with Gasteiger partial charge in [0.2, 0.25) is 5.75 Å². The summed E-state index contributed by atoms with van der Waals surface area (Å²) >= 11 is 0.959. The number of aromatic hydroxyl groups is 1. The first-order chi connectivity index (χ1) is 16.2. The van der Waals surface area contributed by atoms with Gasteiger partial charge in [0.25, 0.3) is 0 Å². The number of allylic oxidation sites excluding steroid dienone is 1. The normalized spacial score (nSPS) is 10.9. The van der Waals surface area contributed by atoms with Crippen molar-refractivity contribution in [3.63, 3.8) is 0 Å². The van der Waals surface area contributed by atoms with E-state index in [2.05, 4.69) is 0 Å². The highest BCUT2D eigenvalue weighted by molar-refractivity contribution is 7.14. The standard InChI is InChI=1S/C24H25NO8S/c1-6-32-23(28)20-13(3)22(24(29)33-7-2)34-19(20)11-16(26)15(12-25)8-14-9-17(30-4)21(27)18(10-14)31-5/h8-10,27H,6-7,11H2,1-5H3. The summed E-state index contributed by atoms with van der Waals surface area (Å²) in [5, 5.41) is 19.7. The fraction of sp³-hybridized carbons (Fsp3) is 0.333. The SMILES string of the molecule is CCOC(=O)c1sc(CC(=O)C(C#N)=Cc2cc(OC)c(O)c(OC)c2)c(C(=O)OCC)c1C. The van der Waals surface area contributed by atoms with Crippen molar-refractivity contribution in [1.82, 2.24) is 0 Å². The number of rotatable bonds is 10. The molecule has 9 nitrogen and oxygen atoms in total. The highest BCUT2D eigenvalue weighted by atomic mass is 32.1. The number of methoxy groups -OCH3 is 2. The van der Waals surface area contributed by atoms with Crippen LogP contribution in [-0.2, 0) is 20.7 Å². The minimum absolute atomic E-state index is 0.105. The Morgan fingerprint density at radius 2 is 1.62 bits per heavy atom. The molecule has 1 heterocycles. The first-order valence-corrected chi connectivity index (χ1v) is 11.1. The molecule has 0 aliphatic heterocycles. The average Bonchev–Trinajstić information content (AvgIpc) is 3.14. The van der Waals surface area contributed by atoms with Gasteiger partial charge in [-0.25, -0.2) is 9.59 Å². The van der Waals surface area contributed by atoms with E-state index in [9.17, 15) is 24.8 Å². The number of thiophene rings is 1. The Morgan fingerprint density at radius 1 is 1.06 bits per heavy atom. The number of esters is 2. The molecule has 0 atom stereocenters. The zero-order chi connectivity index (χ0) is 25.4. The second-order valence-corrected chi connectivity index (χ2v) is 7.94. The summed E-state index contributed by atoms with van der Waals surface area (Å²) in [5.74, 6) is -1.85. The zero-order valence-electron chi connectivity index (χ0n) is 19.5. The molecule has 0 saturated heterocycles. The van der Waals surface area contributed by atoms with Gasteiger partial charge in [0, 0.05) is 11.3 Å². The summed E-state index contributed by atoms with van der Waals surface area (Å²) in [4.78, 5) is 38.4. The molecule has 10 heteroatoms. The maximum atomic E-state index is 13.0. The summed E-state index contributed by atoms with van der Waals surface area (Å²) in [6.45, 7) is 5.16. The smallest absolute Gasteiger partial charge is 0.348 e. The van der Waals surface area contributed by atoms with E-state index < -0.39 is 17.7 Å². The van der Waals surface area contributed by atoms with Crippen molar-refractivity contribution in [2.45, 2.75) is 27.2 Å². The Balaban J connectivity index is 2.49. The van der Waals surface area contributed by atoms with E-state index in [1.54, 1.807) is 20.8 Å². The fourth-order valence-electron chi connectivity index (χ4n) is 3.14. The van der Waals surface area contributed by atoms with Gasteiger partial charge in [-0.2, -0.15) is 5.26 Å². The van der Waals surface area contributed by atoms with Crippen LogP contribution in [0.25, 0.3) is 6.08 Å². The van der Waals surface area contributed by atoms with Crippen LogP contribution in [0.5, 0.6) is 17.2 Å². The largest absolute Gasteiger partial charge is 0.502 e. The summed E-state index contributed by atoms with van der Waals surface area (Å²) in [7, 11) is 2.71. The number of phenolic OH excluding ortho intramolecular Hbond substituents is 1. The number of ether oxygens (including phenoxy) is 4. The van der Waals surface area contributed by atoms with E-state index in [4.69, 9.17) is 18.9 Å². The Kier molecular flexibility index (Phi) is 9.21. The Hall–Kier alpha value is -3.84. The maximum absolute atomic E-state index is 13.0. The molecule has 1 N–H and O–H groups in total. The molecule has 34 heavy (non-hydrogen) atoms. The number of nitrogens with zero attached hydrogens (tertiary/aromatic N) is 1. The molecule has 0 amide bonds. The van der Waals surface area contributed by atoms with Crippen molar-refractivity contribution >= 4 is 35.1 Å². The van der Waals surface area contributed by atoms with Crippen molar-refractivity contribution in [3.8, 4) is 23.3 Å². The van der Waals surface area contributed by atoms with Crippen LogP contribution in [0.15, 0.2) is 17.7 Å². The zero-order valence-corrected chi connectivity index (χ0v) is 20.3. The van der Waals surface area contributed by atoms with Crippen molar-refractivity contribution in [3.05, 3.63) is 44.2 Å². The minimum atomic E-state index is -0.662. The number of hydrogen-bond donors (Lipinski definition) is 1. The summed E-state index contributed by atoms with van der Waals surface area (Å²) in [6.07, 6.45) is 1.02. The van der Waals surface area contributed by atoms with Gasteiger partial charge in [0.05, 0.1) is 38.6 Å². The molecule has 0 bridgehead atoms. The molecule has 2 aromatic rings. The number of ketones is 1. The average molecular weight is 488 g/mol. The van der Waals surface area contributed by atoms with Crippen molar-refractivity contribution < 1.29 is 38.4 Å². The molecular weight excluding hydrogens is 462 g/mol. The first kappa shape index (κ1) is 26.4. The number of nitriles is 1. The van der Waals surface area contributed by atoms with Crippen LogP contribution >= 0.6 is 11.3 Å². The molecule has 0 fully saturated rings. The topological polar surface area (TPSA) is 132 Å². The first-order valence-electron chi connectivity index (χ1n) is 10.3. The molecule has 0 radical (unpaired) electrons. The van der Waals surface area contributed by atoms with Crippen LogP contribution in [0.3, 0.4) is 0 Å².